The van der Waals surface area contributed by atoms with E-state index in [9.17, 15) is 9.18 Å². The first kappa shape index (κ1) is 17.4. The third-order valence-electron chi connectivity index (χ3n) is 3.71. The first-order valence-electron chi connectivity index (χ1n) is 8.23. The summed E-state index contributed by atoms with van der Waals surface area (Å²) < 4.78 is 22.4. The third kappa shape index (κ3) is 3.64. The van der Waals surface area contributed by atoms with Crippen LogP contribution in [0, 0.1) is 5.82 Å². The fourth-order valence-corrected chi connectivity index (χ4v) is 3.70. The molecular weight excluding hydrogens is 339 g/mol. The average molecular weight is 358 g/mol. The van der Waals surface area contributed by atoms with Gasteiger partial charge in [0.15, 0.2) is 4.80 Å². The summed E-state index contributed by atoms with van der Waals surface area (Å²) in [5.74, 6) is -0.343. The van der Waals surface area contributed by atoms with Gasteiger partial charge >= 0.3 is 0 Å². The van der Waals surface area contributed by atoms with E-state index >= 15 is 0 Å². The molecule has 25 heavy (non-hydrogen) atoms. The van der Waals surface area contributed by atoms with Crippen LogP contribution in [0.4, 0.5) is 4.39 Å². The molecule has 3 rings (SSSR count). The van der Waals surface area contributed by atoms with Gasteiger partial charge in [-0.05, 0) is 43.7 Å². The second-order valence-corrected chi connectivity index (χ2v) is 6.50. The molecule has 6 heteroatoms. The first-order chi connectivity index (χ1) is 12.1. The van der Waals surface area contributed by atoms with Crippen molar-refractivity contribution in [2.45, 2.75) is 26.8 Å². The lowest BCUT2D eigenvalue weighted by Gasteiger charge is -2.05. The number of aryl methyl sites for hydroxylation is 1. The van der Waals surface area contributed by atoms with E-state index in [4.69, 9.17) is 4.74 Å². The number of thiazole rings is 1. The Labute approximate surface area is 149 Å². The van der Waals surface area contributed by atoms with Crippen molar-refractivity contribution in [3.8, 4) is 5.75 Å². The number of ether oxygens (including phenoxy) is 1. The average Bonchev–Trinajstić information content (AvgIpc) is 2.92. The standard InChI is InChI=1S/C19H19FN2O2S/c1-3-11-22-16-10-9-13(24-4-2)12-17(16)25-19(22)21-18(23)14-7-5-6-8-15(14)20/h5-10,12H,3-4,11H2,1-2H3. The van der Waals surface area contributed by atoms with Crippen molar-refractivity contribution in [2.75, 3.05) is 6.61 Å². The Morgan fingerprint density at radius 3 is 2.76 bits per heavy atom. The van der Waals surface area contributed by atoms with E-state index in [1.54, 1.807) is 12.1 Å². The van der Waals surface area contributed by atoms with E-state index in [0.29, 0.717) is 11.4 Å². The van der Waals surface area contributed by atoms with E-state index in [0.717, 1.165) is 28.9 Å². The van der Waals surface area contributed by atoms with Gasteiger partial charge in [0.25, 0.3) is 5.91 Å². The Morgan fingerprint density at radius 1 is 1.24 bits per heavy atom. The highest BCUT2D eigenvalue weighted by molar-refractivity contribution is 7.16. The quantitative estimate of drug-likeness (QED) is 0.679. The van der Waals surface area contributed by atoms with Gasteiger partial charge in [0.05, 0.1) is 22.4 Å². The molecule has 0 bridgehead atoms. The van der Waals surface area contributed by atoms with E-state index in [2.05, 4.69) is 11.9 Å². The molecule has 0 aliphatic heterocycles. The monoisotopic (exact) mass is 358 g/mol. The first-order valence-corrected chi connectivity index (χ1v) is 9.05. The van der Waals surface area contributed by atoms with Crippen molar-refractivity contribution in [2.24, 2.45) is 4.99 Å². The van der Waals surface area contributed by atoms with E-state index in [-0.39, 0.29) is 5.56 Å². The number of aromatic nitrogens is 1. The molecular formula is C19H19FN2O2S. The minimum absolute atomic E-state index is 0.0157. The predicted octanol–water partition coefficient (Wildman–Crippen LogP) is 4.39. The molecule has 130 valence electrons. The SMILES string of the molecule is CCCn1c(=NC(=O)c2ccccc2F)sc2cc(OCC)ccc21. The molecule has 0 saturated heterocycles. The minimum atomic E-state index is -0.570. The zero-order valence-electron chi connectivity index (χ0n) is 14.2. The topological polar surface area (TPSA) is 43.6 Å². The molecule has 0 N–H and O–H groups in total. The van der Waals surface area contributed by atoms with Gasteiger partial charge in [-0.2, -0.15) is 4.99 Å². The maximum Gasteiger partial charge on any atom is 0.282 e. The number of hydrogen-bond donors (Lipinski definition) is 0. The summed E-state index contributed by atoms with van der Waals surface area (Å²) in [6.07, 6.45) is 0.903. The lowest BCUT2D eigenvalue weighted by Crippen LogP contribution is -2.17. The Kier molecular flexibility index (Phi) is 5.28. The van der Waals surface area contributed by atoms with Gasteiger partial charge in [-0.15, -0.1) is 0 Å². The molecule has 0 spiro atoms. The zero-order valence-corrected chi connectivity index (χ0v) is 15.0. The van der Waals surface area contributed by atoms with Crippen LogP contribution in [0.25, 0.3) is 10.2 Å². The number of hydrogen-bond acceptors (Lipinski definition) is 3. The third-order valence-corrected chi connectivity index (χ3v) is 4.76. The smallest absolute Gasteiger partial charge is 0.282 e. The molecule has 1 aromatic heterocycles. The van der Waals surface area contributed by atoms with E-state index < -0.39 is 11.7 Å². The minimum Gasteiger partial charge on any atom is -0.494 e. The normalized spacial score (nSPS) is 11.9. The lowest BCUT2D eigenvalue weighted by molar-refractivity contribution is 0.0994. The fourth-order valence-electron chi connectivity index (χ4n) is 2.62. The maximum absolute atomic E-state index is 13.8. The van der Waals surface area contributed by atoms with Crippen LogP contribution in [-0.4, -0.2) is 17.1 Å². The highest BCUT2D eigenvalue weighted by Crippen LogP contribution is 2.24. The summed E-state index contributed by atoms with van der Waals surface area (Å²) >= 11 is 1.41. The second kappa shape index (κ2) is 7.61. The van der Waals surface area contributed by atoms with Gasteiger partial charge in [0.2, 0.25) is 0 Å². The number of halogens is 1. The van der Waals surface area contributed by atoms with Crippen LogP contribution in [-0.2, 0) is 6.54 Å². The Hall–Kier alpha value is -2.47. The number of carbonyl (C=O) groups excluding carboxylic acids is 1. The van der Waals surface area contributed by atoms with E-state index in [1.807, 2.05) is 29.7 Å². The Morgan fingerprint density at radius 2 is 2.04 bits per heavy atom. The Bertz CT molecular complexity index is 975. The van der Waals surface area contributed by atoms with Gasteiger partial charge in [0, 0.05) is 6.54 Å². The van der Waals surface area contributed by atoms with Gasteiger partial charge in [-0.3, -0.25) is 4.79 Å². The number of benzene rings is 2. The van der Waals surface area contributed by atoms with Crippen LogP contribution in [0.1, 0.15) is 30.6 Å². The molecule has 0 fully saturated rings. The number of amides is 1. The summed E-state index contributed by atoms with van der Waals surface area (Å²) in [5.41, 5.74) is 0.980. The van der Waals surface area contributed by atoms with Crippen LogP contribution in [0.3, 0.4) is 0 Å². The highest BCUT2D eigenvalue weighted by atomic mass is 32.1. The number of fused-ring (bicyclic) bond motifs is 1. The van der Waals surface area contributed by atoms with Crippen molar-refractivity contribution in [1.29, 1.82) is 0 Å². The second-order valence-electron chi connectivity index (χ2n) is 5.50. The van der Waals surface area contributed by atoms with Crippen LogP contribution in [0.15, 0.2) is 47.5 Å². The zero-order chi connectivity index (χ0) is 17.8. The van der Waals surface area contributed by atoms with Crippen molar-refractivity contribution >= 4 is 27.5 Å². The molecule has 2 aromatic carbocycles. The summed E-state index contributed by atoms with van der Waals surface area (Å²) in [6.45, 7) is 5.32. The molecule has 4 nitrogen and oxygen atoms in total. The van der Waals surface area contributed by atoms with Gasteiger partial charge in [-0.1, -0.05) is 30.4 Å². The molecule has 3 aromatic rings. The highest BCUT2D eigenvalue weighted by Gasteiger charge is 2.12. The summed E-state index contributed by atoms with van der Waals surface area (Å²) in [7, 11) is 0. The number of rotatable bonds is 5. The van der Waals surface area contributed by atoms with Crippen LogP contribution in [0.5, 0.6) is 5.75 Å². The number of nitrogens with zero attached hydrogens (tertiary/aromatic N) is 2. The van der Waals surface area contributed by atoms with Gasteiger partial charge in [-0.25, -0.2) is 4.39 Å². The molecule has 0 saturated carbocycles. The maximum atomic E-state index is 13.8. The molecule has 0 radical (unpaired) electrons. The molecule has 1 amide bonds. The molecule has 0 aliphatic rings. The van der Waals surface area contributed by atoms with Crippen LogP contribution >= 0.6 is 11.3 Å². The summed E-state index contributed by atoms with van der Waals surface area (Å²) in [6, 6.07) is 11.7. The predicted molar refractivity (Wildman–Crippen MR) is 97.6 cm³/mol. The largest absolute Gasteiger partial charge is 0.494 e. The number of carbonyl (C=O) groups is 1. The summed E-state index contributed by atoms with van der Waals surface area (Å²) in [5, 5.41) is 0. The van der Waals surface area contributed by atoms with Crippen molar-refractivity contribution in [3.63, 3.8) is 0 Å². The van der Waals surface area contributed by atoms with Crippen molar-refractivity contribution in [3.05, 3.63) is 58.6 Å². The molecule has 0 unspecified atom stereocenters. The van der Waals surface area contributed by atoms with E-state index in [1.165, 1.54) is 23.5 Å². The molecule has 0 aliphatic carbocycles. The van der Waals surface area contributed by atoms with Crippen molar-refractivity contribution in [1.82, 2.24) is 4.57 Å². The van der Waals surface area contributed by atoms with Gasteiger partial charge < -0.3 is 9.30 Å². The Balaban J connectivity index is 2.12. The fraction of sp³-hybridized carbons (Fsp3) is 0.263. The lowest BCUT2D eigenvalue weighted by atomic mass is 10.2. The van der Waals surface area contributed by atoms with Crippen LogP contribution < -0.4 is 9.54 Å². The summed E-state index contributed by atoms with van der Waals surface area (Å²) in [4.78, 5) is 17.2. The van der Waals surface area contributed by atoms with Crippen molar-refractivity contribution < 1.29 is 13.9 Å². The van der Waals surface area contributed by atoms with Crippen LogP contribution in [0.2, 0.25) is 0 Å². The molecule has 1 heterocycles. The molecule has 0 atom stereocenters. The van der Waals surface area contributed by atoms with Gasteiger partial charge in [0.1, 0.15) is 11.6 Å².